The molecular formula is C62H57N. The van der Waals surface area contributed by atoms with Gasteiger partial charge >= 0.3 is 0 Å². The van der Waals surface area contributed by atoms with Crippen LogP contribution in [0.2, 0.25) is 0 Å². The van der Waals surface area contributed by atoms with Gasteiger partial charge in [-0.1, -0.05) is 175 Å². The molecule has 0 fully saturated rings. The first-order chi connectivity index (χ1) is 30.3. The fraction of sp³-hybridized carbons (Fsp3) is 0.226. The van der Waals surface area contributed by atoms with Crippen molar-refractivity contribution in [2.45, 2.75) is 89.9 Å². The molecule has 1 heteroatoms. The number of aryl methyl sites for hydroxylation is 2. The minimum Gasteiger partial charge on any atom is -0.310 e. The third-order valence-electron chi connectivity index (χ3n) is 15.5. The van der Waals surface area contributed by atoms with E-state index in [9.17, 15) is 0 Å². The van der Waals surface area contributed by atoms with Crippen LogP contribution < -0.4 is 4.90 Å². The van der Waals surface area contributed by atoms with Crippen LogP contribution in [0.4, 0.5) is 17.1 Å². The Balaban J connectivity index is 1.07. The number of hydrogen-bond acceptors (Lipinski definition) is 1. The second-order valence-corrected chi connectivity index (χ2v) is 20.5. The topological polar surface area (TPSA) is 3.24 Å². The third kappa shape index (κ3) is 5.81. The van der Waals surface area contributed by atoms with E-state index in [2.05, 4.69) is 236 Å². The second kappa shape index (κ2) is 14.0. The Hall–Kier alpha value is -6.44. The number of anilines is 3. The van der Waals surface area contributed by atoms with Crippen molar-refractivity contribution in [3.63, 3.8) is 0 Å². The smallest absolute Gasteiger partial charge is 0.0734 e. The van der Waals surface area contributed by atoms with Crippen LogP contribution in [0, 0.1) is 13.8 Å². The zero-order valence-electron chi connectivity index (χ0n) is 38.1. The largest absolute Gasteiger partial charge is 0.310 e. The maximum absolute atomic E-state index is 2.59. The first kappa shape index (κ1) is 39.4. The molecule has 3 aliphatic rings. The molecule has 0 aliphatic heterocycles. The van der Waals surface area contributed by atoms with E-state index in [1.807, 2.05) is 0 Å². The van der Waals surface area contributed by atoms with E-state index in [0.29, 0.717) is 0 Å². The molecule has 3 aliphatic carbocycles. The Morgan fingerprint density at radius 3 is 1.60 bits per heavy atom. The van der Waals surface area contributed by atoms with E-state index in [4.69, 9.17) is 0 Å². The molecule has 0 bridgehead atoms. The molecule has 0 atom stereocenters. The van der Waals surface area contributed by atoms with Gasteiger partial charge in [0.1, 0.15) is 0 Å². The molecule has 63 heavy (non-hydrogen) atoms. The van der Waals surface area contributed by atoms with Crippen LogP contribution in [-0.4, -0.2) is 0 Å². The van der Waals surface area contributed by atoms with Gasteiger partial charge in [-0.2, -0.15) is 0 Å². The molecule has 0 spiro atoms. The summed E-state index contributed by atoms with van der Waals surface area (Å²) in [5.41, 5.74) is 24.7. The van der Waals surface area contributed by atoms with Gasteiger partial charge in [-0.3, -0.25) is 0 Å². The van der Waals surface area contributed by atoms with E-state index in [1.165, 1.54) is 102 Å². The Labute approximate surface area is 375 Å². The maximum atomic E-state index is 2.59. The van der Waals surface area contributed by atoms with Crippen molar-refractivity contribution in [3.8, 4) is 33.4 Å². The van der Waals surface area contributed by atoms with Gasteiger partial charge in [0.15, 0.2) is 0 Å². The van der Waals surface area contributed by atoms with Crippen LogP contribution >= 0.6 is 0 Å². The first-order valence-corrected chi connectivity index (χ1v) is 23.0. The lowest BCUT2D eigenvalue weighted by Crippen LogP contribution is -2.34. The van der Waals surface area contributed by atoms with Crippen LogP contribution in [0.1, 0.15) is 110 Å². The van der Waals surface area contributed by atoms with Crippen molar-refractivity contribution in [2.24, 2.45) is 0 Å². The maximum Gasteiger partial charge on any atom is 0.0734 e. The average molecular weight is 816 g/mol. The lowest BCUT2D eigenvalue weighted by atomic mass is 9.62. The molecule has 0 unspecified atom stereocenters. The van der Waals surface area contributed by atoms with Crippen LogP contribution in [0.3, 0.4) is 0 Å². The summed E-state index contributed by atoms with van der Waals surface area (Å²) in [5, 5.41) is 0. The van der Waals surface area contributed by atoms with Crippen molar-refractivity contribution in [1.82, 2.24) is 0 Å². The lowest BCUT2D eigenvalue weighted by Gasteiger charge is -2.42. The van der Waals surface area contributed by atoms with Gasteiger partial charge in [0.05, 0.1) is 11.1 Å². The summed E-state index contributed by atoms with van der Waals surface area (Å²) in [4.78, 5) is 2.51. The highest BCUT2D eigenvalue weighted by atomic mass is 15.1. The molecule has 0 aromatic heterocycles. The fourth-order valence-electron chi connectivity index (χ4n) is 11.7. The van der Waals surface area contributed by atoms with E-state index in [-0.39, 0.29) is 16.2 Å². The zero-order valence-corrected chi connectivity index (χ0v) is 38.1. The Bertz CT molecular complexity index is 3050. The second-order valence-electron chi connectivity index (χ2n) is 20.5. The highest BCUT2D eigenvalue weighted by Gasteiger charge is 2.48. The highest BCUT2D eigenvalue weighted by molar-refractivity contribution is 5.95. The molecule has 0 N–H and O–H groups in total. The van der Waals surface area contributed by atoms with Crippen LogP contribution in [0.15, 0.2) is 176 Å². The van der Waals surface area contributed by atoms with E-state index in [1.54, 1.807) is 5.56 Å². The van der Waals surface area contributed by atoms with Crippen molar-refractivity contribution >= 4 is 17.1 Å². The molecule has 0 saturated carbocycles. The van der Waals surface area contributed by atoms with Crippen LogP contribution in [-0.2, 0) is 21.7 Å². The zero-order chi connectivity index (χ0) is 43.5. The van der Waals surface area contributed by atoms with Gasteiger partial charge < -0.3 is 4.90 Å². The molecular weight excluding hydrogens is 759 g/mol. The summed E-state index contributed by atoms with van der Waals surface area (Å²) < 4.78 is 0. The summed E-state index contributed by atoms with van der Waals surface area (Å²) in [6.07, 6.45) is 2.45. The minimum absolute atomic E-state index is 0.0946. The number of benzene rings is 8. The first-order valence-electron chi connectivity index (χ1n) is 23.0. The predicted octanol–water partition coefficient (Wildman–Crippen LogP) is 16.5. The minimum atomic E-state index is -0.539. The monoisotopic (exact) mass is 815 g/mol. The predicted molar refractivity (Wildman–Crippen MR) is 266 cm³/mol. The highest BCUT2D eigenvalue weighted by Crippen LogP contribution is 2.60. The normalized spacial score (nSPS) is 16.6. The summed E-state index contributed by atoms with van der Waals surface area (Å²) in [6, 6.07) is 66.9. The molecule has 11 rings (SSSR count). The van der Waals surface area contributed by atoms with Crippen molar-refractivity contribution in [2.75, 3.05) is 4.90 Å². The summed E-state index contributed by atoms with van der Waals surface area (Å²) in [6.45, 7) is 19.1. The summed E-state index contributed by atoms with van der Waals surface area (Å²) in [5.74, 6) is 0. The van der Waals surface area contributed by atoms with E-state index in [0.717, 1.165) is 11.4 Å². The van der Waals surface area contributed by atoms with Crippen LogP contribution in [0.5, 0.6) is 0 Å². The van der Waals surface area contributed by atoms with Gasteiger partial charge in [-0.25, -0.2) is 0 Å². The quantitative estimate of drug-likeness (QED) is 0.162. The molecule has 8 aromatic carbocycles. The Morgan fingerprint density at radius 2 is 0.937 bits per heavy atom. The number of fused-ring (bicyclic) bond motifs is 7. The molecule has 310 valence electrons. The standard InChI is InChI=1S/C62H57N/c1-40-26-30-47(36-41(40)2)63(57-25-17-23-50-48-22-15-16-24-52(48)62(58(50)57,44-18-11-9-12-19-44)45-20-13-10-14-21-45)46-31-27-42(28-32-46)43-29-33-49-51-38-55-56(60(5,6)35-34-59(55,3)4)39-54(51)61(7,8)53(49)37-43/h9-33,36-39H,34-35H2,1-8H3. The Kier molecular flexibility index (Phi) is 8.78. The van der Waals surface area contributed by atoms with E-state index < -0.39 is 5.41 Å². The lowest BCUT2D eigenvalue weighted by molar-refractivity contribution is 0.331. The molecule has 0 heterocycles. The number of rotatable bonds is 6. The number of nitrogens with zero attached hydrogens (tertiary/aromatic N) is 1. The van der Waals surface area contributed by atoms with Crippen molar-refractivity contribution < 1.29 is 0 Å². The average Bonchev–Trinajstić information content (AvgIpc) is 3.73. The summed E-state index contributed by atoms with van der Waals surface area (Å²) in [7, 11) is 0. The molecule has 0 saturated heterocycles. The summed E-state index contributed by atoms with van der Waals surface area (Å²) >= 11 is 0. The van der Waals surface area contributed by atoms with Crippen LogP contribution in [0.25, 0.3) is 33.4 Å². The van der Waals surface area contributed by atoms with Crippen molar-refractivity contribution in [1.29, 1.82) is 0 Å². The molecule has 0 radical (unpaired) electrons. The van der Waals surface area contributed by atoms with Gasteiger partial charge in [0, 0.05) is 22.4 Å². The molecule has 1 nitrogen and oxygen atoms in total. The van der Waals surface area contributed by atoms with Crippen molar-refractivity contribution in [3.05, 3.63) is 232 Å². The number of hydrogen-bond donors (Lipinski definition) is 0. The van der Waals surface area contributed by atoms with Gasteiger partial charge in [0.2, 0.25) is 0 Å². The Morgan fingerprint density at radius 1 is 0.381 bits per heavy atom. The van der Waals surface area contributed by atoms with Gasteiger partial charge in [-0.05, 0) is 163 Å². The SMILES string of the molecule is Cc1ccc(N(c2ccc(-c3ccc4c(c3)C(C)(C)c3cc5c(cc3-4)C(C)(C)CCC5(C)C)cc2)c2cccc3c2C(c2ccccc2)(c2ccccc2)c2ccccc2-3)cc1C. The van der Waals surface area contributed by atoms with Gasteiger partial charge in [-0.15, -0.1) is 0 Å². The third-order valence-corrected chi connectivity index (χ3v) is 15.5. The fourth-order valence-corrected chi connectivity index (χ4v) is 11.7. The molecule has 0 amide bonds. The van der Waals surface area contributed by atoms with Gasteiger partial charge in [0.25, 0.3) is 0 Å². The molecule has 8 aromatic rings. The van der Waals surface area contributed by atoms with E-state index >= 15 is 0 Å².